The summed E-state index contributed by atoms with van der Waals surface area (Å²) in [4.78, 5) is 2.37. The molecule has 0 radical (unpaired) electrons. The molecule has 60 heavy (non-hydrogen) atoms. The summed E-state index contributed by atoms with van der Waals surface area (Å²) in [6, 6.07) is 84.7. The molecule has 0 unspecified atom stereocenters. The van der Waals surface area contributed by atoms with Crippen molar-refractivity contribution in [2.75, 3.05) is 4.90 Å². The van der Waals surface area contributed by atoms with E-state index in [1.54, 1.807) is 0 Å². The Hall–Kier alpha value is -7.94. The third-order valence-electron chi connectivity index (χ3n) is 11.7. The smallest absolute Gasteiger partial charge is 0.143 e. The molecule has 282 valence electrons. The number of fused-ring (bicyclic) bond motifs is 3. The van der Waals surface area contributed by atoms with Gasteiger partial charge in [-0.05, 0) is 103 Å². The van der Waals surface area contributed by atoms with Crippen molar-refractivity contribution in [3.05, 3.63) is 237 Å². The van der Waals surface area contributed by atoms with Gasteiger partial charge in [-0.15, -0.1) is 0 Å². The minimum Gasteiger partial charge on any atom is -0.455 e. The van der Waals surface area contributed by atoms with Crippen LogP contribution in [0.15, 0.2) is 241 Å². The molecule has 0 bridgehead atoms. The Morgan fingerprint density at radius 1 is 0.283 bits per heavy atom. The van der Waals surface area contributed by atoms with Crippen LogP contribution in [-0.4, -0.2) is 0 Å². The zero-order valence-corrected chi connectivity index (χ0v) is 32.9. The van der Waals surface area contributed by atoms with Crippen LogP contribution >= 0.6 is 0 Å². The summed E-state index contributed by atoms with van der Waals surface area (Å²) in [5, 5.41) is 6.07. The van der Waals surface area contributed by atoms with Crippen LogP contribution in [0.3, 0.4) is 0 Å². The van der Waals surface area contributed by atoms with Crippen LogP contribution < -0.4 is 4.90 Å². The summed E-state index contributed by atoms with van der Waals surface area (Å²) in [5.74, 6) is 0.875. The van der Waals surface area contributed by atoms with Crippen LogP contribution in [0, 0.1) is 0 Å². The van der Waals surface area contributed by atoms with E-state index in [1.807, 2.05) is 6.07 Å². The molecule has 11 rings (SSSR count). The molecule has 0 fully saturated rings. The first-order chi connectivity index (χ1) is 29.8. The Labute approximate surface area is 349 Å². The third kappa shape index (κ3) is 6.32. The van der Waals surface area contributed by atoms with Gasteiger partial charge in [0.15, 0.2) is 0 Å². The first-order valence-corrected chi connectivity index (χ1v) is 20.5. The monoisotopic (exact) mass is 765 g/mol. The predicted octanol–water partition coefficient (Wildman–Crippen LogP) is 16.5. The lowest BCUT2D eigenvalue weighted by Crippen LogP contribution is -2.10. The molecule has 10 aromatic carbocycles. The fraction of sp³-hybridized carbons (Fsp3) is 0. The van der Waals surface area contributed by atoms with Crippen LogP contribution in [-0.2, 0) is 0 Å². The lowest BCUT2D eigenvalue weighted by Gasteiger charge is -2.27. The SMILES string of the molecule is c1ccc(-c2c(-c3ccccc3-c3ccc(N(c4ccc(-c5cccc6ccccc56)cc4)c4cccc(-c5cccc6ccccc56)c4)cc3)oc3ccccc23)cc1. The van der Waals surface area contributed by atoms with Gasteiger partial charge in [0.1, 0.15) is 11.3 Å². The first kappa shape index (κ1) is 35.2. The van der Waals surface area contributed by atoms with Crippen molar-refractivity contribution >= 4 is 49.6 Å². The maximum atomic E-state index is 6.71. The highest BCUT2D eigenvalue weighted by molar-refractivity contribution is 6.04. The molecule has 1 aromatic heterocycles. The van der Waals surface area contributed by atoms with Gasteiger partial charge < -0.3 is 9.32 Å². The Kier molecular flexibility index (Phi) is 8.87. The van der Waals surface area contributed by atoms with Gasteiger partial charge in [-0.2, -0.15) is 0 Å². The van der Waals surface area contributed by atoms with E-state index < -0.39 is 0 Å². The van der Waals surface area contributed by atoms with Gasteiger partial charge in [-0.3, -0.25) is 0 Å². The maximum absolute atomic E-state index is 6.71. The summed E-state index contributed by atoms with van der Waals surface area (Å²) in [6.45, 7) is 0. The van der Waals surface area contributed by atoms with E-state index in [4.69, 9.17) is 4.42 Å². The second-order valence-electron chi connectivity index (χ2n) is 15.2. The lowest BCUT2D eigenvalue weighted by molar-refractivity contribution is 0.632. The molecule has 0 aliphatic heterocycles. The lowest BCUT2D eigenvalue weighted by atomic mass is 9.93. The number of para-hydroxylation sites is 1. The van der Waals surface area contributed by atoms with Crippen molar-refractivity contribution in [2.24, 2.45) is 0 Å². The molecule has 2 heteroatoms. The van der Waals surface area contributed by atoms with E-state index in [0.717, 1.165) is 61.6 Å². The van der Waals surface area contributed by atoms with Crippen molar-refractivity contribution in [3.63, 3.8) is 0 Å². The molecule has 0 aliphatic carbocycles. The molecule has 2 nitrogen and oxygen atoms in total. The van der Waals surface area contributed by atoms with E-state index in [2.05, 4.69) is 235 Å². The number of rotatable bonds is 8. The van der Waals surface area contributed by atoms with Crippen molar-refractivity contribution in [1.82, 2.24) is 0 Å². The molecule has 0 saturated heterocycles. The van der Waals surface area contributed by atoms with Gasteiger partial charge >= 0.3 is 0 Å². The number of hydrogen-bond donors (Lipinski definition) is 0. The molecular formula is C58H39NO. The third-order valence-corrected chi connectivity index (χ3v) is 11.7. The van der Waals surface area contributed by atoms with Gasteiger partial charge in [-0.25, -0.2) is 0 Å². The maximum Gasteiger partial charge on any atom is 0.143 e. The summed E-state index contributed by atoms with van der Waals surface area (Å²) in [6.07, 6.45) is 0. The van der Waals surface area contributed by atoms with Crippen LogP contribution in [0.25, 0.3) is 88.3 Å². The highest BCUT2D eigenvalue weighted by Gasteiger charge is 2.21. The number of nitrogens with zero attached hydrogens (tertiary/aromatic N) is 1. The number of furan rings is 1. The van der Waals surface area contributed by atoms with Crippen LogP contribution in [0.1, 0.15) is 0 Å². The normalized spacial score (nSPS) is 11.3. The van der Waals surface area contributed by atoms with E-state index >= 15 is 0 Å². The number of hydrogen-bond acceptors (Lipinski definition) is 2. The van der Waals surface area contributed by atoms with Crippen molar-refractivity contribution in [3.8, 4) is 55.8 Å². The Morgan fingerprint density at radius 3 is 1.42 bits per heavy atom. The zero-order valence-electron chi connectivity index (χ0n) is 32.9. The summed E-state index contributed by atoms with van der Waals surface area (Å²) in [7, 11) is 0. The van der Waals surface area contributed by atoms with Crippen LogP contribution in [0.2, 0.25) is 0 Å². The second kappa shape index (κ2) is 15.1. The minimum absolute atomic E-state index is 0.875. The predicted molar refractivity (Wildman–Crippen MR) is 253 cm³/mol. The Morgan fingerprint density at radius 2 is 0.750 bits per heavy atom. The van der Waals surface area contributed by atoms with Crippen molar-refractivity contribution in [2.45, 2.75) is 0 Å². The second-order valence-corrected chi connectivity index (χ2v) is 15.2. The topological polar surface area (TPSA) is 16.4 Å². The molecule has 0 N–H and O–H groups in total. The highest BCUT2D eigenvalue weighted by Crippen LogP contribution is 2.45. The van der Waals surface area contributed by atoms with Crippen LogP contribution in [0.5, 0.6) is 0 Å². The largest absolute Gasteiger partial charge is 0.455 e. The minimum atomic E-state index is 0.875. The molecular weight excluding hydrogens is 727 g/mol. The van der Waals surface area contributed by atoms with Gasteiger partial charge in [0, 0.05) is 33.6 Å². The molecule has 1 heterocycles. The highest BCUT2D eigenvalue weighted by atomic mass is 16.3. The molecule has 0 aliphatic rings. The van der Waals surface area contributed by atoms with E-state index in [0.29, 0.717) is 0 Å². The fourth-order valence-corrected chi connectivity index (χ4v) is 8.85. The standard InChI is InChI=1S/C58H39NO/c1-2-17-44(18-3-1)57-55-27-10-11-30-56(55)60-58(57)54-26-9-8-25-52(54)43-33-37-47(38-34-43)59(46-35-31-42(32-36-46)51-28-13-19-40-15-4-6-23-49(40)51)48-22-12-21-45(39-48)53-29-14-20-41-16-5-7-24-50(41)53/h1-39H. The molecule has 0 spiro atoms. The summed E-state index contributed by atoms with van der Waals surface area (Å²) >= 11 is 0. The number of anilines is 3. The molecule has 0 atom stereocenters. The molecule has 0 amide bonds. The first-order valence-electron chi connectivity index (χ1n) is 20.5. The van der Waals surface area contributed by atoms with Gasteiger partial charge in [0.25, 0.3) is 0 Å². The van der Waals surface area contributed by atoms with E-state index in [1.165, 1.54) is 43.8 Å². The Balaban J connectivity index is 1.03. The summed E-state index contributed by atoms with van der Waals surface area (Å²) < 4.78 is 6.71. The van der Waals surface area contributed by atoms with E-state index in [-0.39, 0.29) is 0 Å². The average Bonchev–Trinajstić information content (AvgIpc) is 3.72. The summed E-state index contributed by atoms with van der Waals surface area (Å²) in [5.41, 5.74) is 14.5. The van der Waals surface area contributed by atoms with Crippen molar-refractivity contribution in [1.29, 1.82) is 0 Å². The Bertz CT molecular complexity index is 3290. The molecule has 11 aromatic rings. The fourth-order valence-electron chi connectivity index (χ4n) is 8.85. The number of benzene rings is 10. The zero-order chi connectivity index (χ0) is 39.8. The molecule has 0 saturated carbocycles. The van der Waals surface area contributed by atoms with Gasteiger partial charge in [-0.1, -0.05) is 194 Å². The van der Waals surface area contributed by atoms with E-state index in [9.17, 15) is 0 Å². The van der Waals surface area contributed by atoms with Gasteiger partial charge in [0.2, 0.25) is 0 Å². The average molecular weight is 766 g/mol. The van der Waals surface area contributed by atoms with Gasteiger partial charge in [0.05, 0.1) is 0 Å². The van der Waals surface area contributed by atoms with Crippen molar-refractivity contribution < 1.29 is 4.42 Å². The van der Waals surface area contributed by atoms with Crippen LogP contribution in [0.4, 0.5) is 17.1 Å². The quantitative estimate of drug-likeness (QED) is 0.153.